The Labute approximate surface area is 192 Å². The normalized spacial score (nSPS) is 10.7. The summed E-state index contributed by atoms with van der Waals surface area (Å²) in [6.45, 7) is 0. The van der Waals surface area contributed by atoms with E-state index < -0.39 is 5.97 Å². The van der Waals surface area contributed by atoms with E-state index in [1.165, 1.54) is 28.8 Å². The average Bonchev–Trinajstić information content (AvgIpc) is 2.83. The number of carboxylic acid groups (broad SMARTS) is 1. The van der Waals surface area contributed by atoms with Gasteiger partial charge in [-0.2, -0.15) is 0 Å². The van der Waals surface area contributed by atoms with Gasteiger partial charge < -0.3 is 15.2 Å². The van der Waals surface area contributed by atoms with E-state index >= 15 is 0 Å². The molecule has 2 N–H and O–H groups in total. The molecular weight excluding hydrogens is 442 g/mol. The number of nitrogens with zero attached hydrogens (tertiary/aromatic N) is 2. The molecule has 0 bridgehead atoms. The van der Waals surface area contributed by atoms with Gasteiger partial charge in [0, 0.05) is 5.69 Å². The van der Waals surface area contributed by atoms with Crippen LogP contribution in [0.5, 0.6) is 5.75 Å². The van der Waals surface area contributed by atoms with E-state index in [1.54, 1.807) is 55.6 Å². The molecule has 0 aliphatic rings. The number of hydrogen-bond donors (Lipinski definition) is 2. The number of methoxy groups -OCH3 is 1. The van der Waals surface area contributed by atoms with Crippen molar-refractivity contribution in [1.82, 2.24) is 9.55 Å². The van der Waals surface area contributed by atoms with E-state index in [9.17, 15) is 14.4 Å². The van der Waals surface area contributed by atoms with E-state index in [4.69, 9.17) is 9.84 Å². The number of thioether (sulfide) groups is 1. The smallest absolute Gasteiger partial charge is 0.335 e. The lowest BCUT2D eigenvalue weighted by Crippen LogP contribution is -2.23. The number of para-hydroxylation sites is 1. The van der Waals surface area contributed by atoms with Gasteiger partial charge in [0.2, 0.25) is 5.91 Å². The molecule has 1 heterocycles. The highest BCUT2D eigenvalue weighted by Gasteiger charge is 2.15. The number of benzene rings is 3. The van der Waals surface area contributed by atoms with Crippen LogP contribution in [0, 0.1) is 0 Å². The average molecular weight is 461 g/mol. The van der Waals surface area contributed by atoms with E-state index in [0.717, 1.165) is 11.8 Å². The zero-order valence-corrected chi connectivity index (χ0v) is 18.3. The second kappa shape index (κ2) is 9.58. The molecule has 0 unspecified atom stereocenters. The third-order valence-electron chi connectivity index (χ3n) is 4.82. The van der Waals surface area contributed by atoms with Gasteiger partial charge in [0.1, 0.15) is 5.75 Å². The van der Waals surface area contributed by atoms with Crippen LogP contribution in [0.15, 0.2) is 82.7 Å². The molecular formula is C24H19N3O5S. The number of hydrogen-bond acceptors (Lipinski definition) is 6. The SMILES string of the molecule is COc1ccc(-n2c(SCC(=O)Nc3ccc(C(=O)O)cc3)nc3ccccc3c2=O)cc1. The van der Waals surface area contributed by atoms with Crippen LogP contribution < -0.4 is 15.6 Å². The molecule has 8 nitrogen and oxygen atoms in total. The predicted octanol–water partition coefficient (Wildman–Crippen LogP) is 3.82. The van der Waals surface area contributed by atoms with Gasteiger partial charge in [-0.05, 0) is 60.7 Å². The van der Waals surface area contributed by atoms with Crippen molar-refractivity contribution in [3.8, 4) is 11.4 Å². The largest absolute Gasteiger partial charge is 0.497 e. The van der Waals surface area contributed by atoms with Crippen molar-refractivity contribution < 1.29 is 19.4 Å². The number of carboxylic acids is 1. The van der Waals surface area contributed by atoms with Crippen molar-refractivity contribution >= 4 is 40.2 Å². The number of carbonyl (C=O) groups is 2. The quantitative estimate of drug-likeness (QED) is 0.318. The van der Waals surface area contributed by atoms with E-state index in [2.05, 4.69) is 10.3 Å². The van der Waals surface area contributed by atoms with Crippen molar-refractivity contribution in [2.24, 2.45) is 0 Å². The monoisotopic (exact) mass is 461 g/mol. The highest BCUT2D eigenvalue weighted by atomic mass is 32.2. The van der Waals surface area contributed by atoms with Crippen molar-refractivity contribution in [3.05, 3.63) is 88.7 Å². The van der Waals surface area contributed by atoms with Gasteiger partial charge in [0.25, 0.3) is 5.56 Å². The summed E-state index contributed by atoms with van der Waals surface area (Å²) >= 11 is 1.13. The summed E-state index contributed by atoms with van der Waals surface area (Å²) in [5.74, 6) is -0.696. The van der Waals surface area contributed by atoms with Crippen LogP contribution in [0.3, 0.4) is 0 Å². The van der Waals surface area contributed by atoms with Crippen LogP contribution in [0.1, 0.15) is 10.4 Å². The lowest BCUT2D eigenvalue weighted by Gasteiger charge is -2.13. The number of ether oxygens (including phenoxy) is 1. The highest BCUT2D eigenvalue weighted by molar-refractivity contribution is 7.99. The van der Waals surface area contributed by atoms with Crippen molar-refractivity contribution in [1.29, 1.82) is 0 Å². The molecule has 3 aromatic carbocycles. The molecule has 9 heteroatoms. The Morgan fingerprint density at radius 3 is 2.39 bits per heavy atom. The molecule has 0 spiro atoms. The topological polar surface area (TPSA) is 111 Å². The van der Waals surface area contributed by atoms with Crippen LogP contribution in [0.25, 0.3) is 16.6 Å². The number of aromatic nitrogens is 2. The fourth-order valence-corrected chi connectivity index (χ4v) is 4.00. The van der Waals surface area contributed by atoms with Gasteiger partial charge in [0.15, 0.2) is 5.16 Å². The van der Waals surface area contributed by atoms with Gasteiger partial charge >= 0.3 is 5.97 Å². The van der Waals surface area contributed by atoms with Gasteiger partial charge in [-0.25, -0.2) is 9.78 Å². The Kier molecular flexibility index (Phi) is 6.41. The maximum absolute atomic E-state index is 13.3. The van der Waals surface area contributed by atoms with Crippen molar-refractivity contribution in [2.45, 2.75) is 5.16 Å². The van der Waals surface area contributed by atoms with Gasteiger partial charge in [-0.1, -0.05) is 23.9 Å². The Morgan fingerprint density at radius 1 is 1.03 bits per heavy atom. The Bertz CT molecular complexity index is 1380. The molecule has 0 saturated heterocycles. The lowest BCUT2D eigenvalue weighted by atomic mass is 10.2. The molecule has 0 aliphatic heterocycles. The fraction of sp³-hybridized carbons (Fsp3) is 0.0833. The van der Waals surface area contributed by atoms with Crippen LogP contribution in [0.4, 0.5) is 5.69 Å². The maximum atomic E-state index is 13.3. The van der Waals surface area contributed by atoms with Crippen LogP contribution in [0.2, 0.25) is 0 Å². The van der Waals surface area contributed by atoms with Crippen molar-refractivity contribution in [3.63, 3.8) is 0 Å². The summed E-state index contributed by atoms with van der Waals surface area (Å²) in [6.07, 6.45) is 0. The van der Waals surface area contributed by atoms with E-state index in [-0.39, 0.29) is 22.8 Å². The lowest BCUT2D eigenvalue weighted by molar-refractivity contribution is -0.113. The van der Waals surface area contributed by atoms with Crippen LogP contribution in [-0.4, -0.2) is 39.4 Å². The number of anilines is 1. The first-order valence-electron chi connectivity index (χ1n) is 9.88. The number of amides is 1. The third kappa shape index (κ3) is 4.88. The van der Waals surface area contributed by atoms with Gasteiger partial charge in [-0.15, -0.1) is 0 Å². The maximum Gasteiger partial charge on any atom is 0.335 e. The van der Waals surface area contributed by atoms with Gasteiger partial charge in [-0.3, -0.25) is 14.2 Å². The highest BCUT2D eigenvalue weighted by Crippen LogP contribution is 2.23. The Balaban J connectivity index is 1.61. The van der Waals surface area contributed by atoms with E-state index in [0.29, 0.717) is 33.2 Å². The van der Waals surface area contributed by atoms with Crippen LogP contribution >= 0.6 is 11.8 Å². The molecule has 1 aromatic heterocycles. The zero-order valence-electron chi connectivity index (χ0n) is 17.5. The summed E-state index contributed by atoms with van der Waals surface area (Å²) in [6, 6.07) is 19.9. The summed E-state index contributed by atoms with van der Waals surface area (Å²) in [5, 5.41) is 12.6. The molecule has 166 valence electrons. The van der Waals surface area contributed by atoms with E-state index in [1.807, 2.05) is 0 Å². The molecule has 0 fully saturated rings. The van der Waals surface area contributed by atoms with Crippen LogP contribution in [-0.2, 0) is 4.79 Å². The number of fused-ring (bicyclic) bond motifs is 1. The molecule has 0 atom stereocenters. The minimum absolute atomic E-state index is 0.00160. The molecule has 0 radical (unpaired) electrons. The second-order valence-electron chi connectivity index (χ2n) is 6.97. The number of rotatable bonds is 7. The number of nitrogens with one attached hydrogen (secondary N) is 1. The zero-order chi connectivity index (χ0) is 23.4. The number of carbonyl (C=O) groups excluding carboxylic acids is 1. The second-order valence-corrected chi connectivity index (χ2v) is 7.91. The first kappa shape index (κ1) is 22.1. The molecule has 4 aromatic rings. The molecule has 0 aliphatic carbocycles. The minimum Gasteiger partial charge on any atom is -0.497 e. The minimum atomic E-state index is -1.04. The molecule has 33 heavy (non-hydrogen) atoms. The molecule has 1 amide bonds. The summed E-state index contributed by atoms with van der Waals surface area (Å²) in [5.41, 5.74) is 1.51. The summed E-state index contributed by atoms with van der Waals surface area (Å²) in [4.78, 5) is 41.3. The third-order valence-corrected chi connectivity index (χ3v) is 5.76. The number of aromatic carboxylic acids is 1. The Morgan fingerprint density at radius 2 is 1.73 bits per heavy atom. The molecule has 4 rings (SSSR count). The Hall–Kier alpha value is -4.11. The molecule has 0 saturated carbocycles. The summed E-state index contributed by atoms with van der Waals surface area (Å²) in [7, 11) is 1.56. The summed E-state index contributed by atoms with van der Waals surface area (Å²) < 4.78 is 6.67. The fourth-order valence-electron chi connectivity index (χ4n) is 3.19. The first-order chi connectivity index (χ1) is 16.0. The standard InChI is InChI=1S/C24H19N3O5S/c1-32-18-12-10-17(11-13-18)27-22(29)19-4-2-3-5-20(19)26-24(27)33-14-21(28)25-16-8-6-15(7-9-16)23(30)31/h2-13H,14H2,1H3,(H,25,28)(H,30,31). The predicted molar refractivity (Wildman–Crippen MR) is 127 cm³/mol. The first-order valence-corrected chi connectivity index (χ1v) is 10.9. The van der Waals surface area contributed by atoms with Crippen molar-refractivity contribution in [2.75, 3.05) is 18.2 Å². The van der Waals surface area contributed by atoms with Gasteiger partial charge in [0.05, 0.1) is 35.0 Å².